The number of hydrogen-bond acceptors (Lipinski definition) is 3. The number of carbonyl (C=O) groups excluding carboxylic acids is 1. The highest BCUT2D eigenvalue weighted by molar-refractivity contribution is 5.77. The first kappa shape index (κ1) is 13.9. The van der Waals surface area contributed by atoms with E-state index in [1.165, 1.54) is 25.7 Å². The number of ether oxygens (including phenoxy) is 1. The highest BCUT2D eigenvalue weighted by Gasteiger charge is 2.41. The first-order chi connectivity index (χ1) is 8.66. The van der Waals surface area contributed by atoms with Gasteiger partial charge in [0.05, 0.1) is 12.0 Å². The van der Waals surface area contributed by atoms with Crippen molar-refractivity contribution in [1.82, 2.24) is 0 Å². The molecule has 18 heavy (non-hydrogen) atoms. The van der Waals surface area contributed by atoms with Crippen molar-refractivity contribution in [3.8, 4) is 0 Å². The fourth-order valence-electron chi connectivity index (χ4n) is 3.60. The molecule has 2 saturated carbocycles. The molecule has 3 nitrogen and oxygen atoms in total. The van der Waals surface area contributed by atoms with E-state index in [0.717, 1.165) is 31.6 Å². The van der Waals surface area contributed by atoms with E-state index in [1.807, 2.05) is 0 Å². The van der Waals surface area contributed by atoms with Gasteiger partial charge in [-0.05, 0) is 37.5 Å². The molecule has 0 amide bonds. The Kier molecular flexibility index (Phi) is 4.66. The summed E-state index contributed by atoms with van der Waals surface area (Å²) in [7, 11) is 0. The van der Waals surface area contributed by atoms with Crippen molar-refractivity contribution in [2.45, 2.75) is 58.3 Å². The van der Waals surface area contributed by atoms with Crippen molar-refractivity contribution in [2.24, 2.45) is 23.0 Å². The molecule has 0 spiro atoms. The molecule has 2 N–H and O–H groups in total. The second-order valence-corrected chi connectivity index (χ2v) is 6.43. The molecular weight excluding hydrogens is 226 g/mol. The molecule has 0 bridgehead atoms. The lowest BCUT2D eigenvalue weighted by Gasteiger charge is -2.29. The van der Waals surface area contributed by atoms with Crippen molar-refractivity contribution in [2.75, 3.05) is 13.2 Å². The Morgan fingerprint density at radius 1 is 1.28 bits per heavy atom. The summed E-state index contributed by atoms with van der Waals surface area (Å²) in [5.41, 5.74) is 5.45. The summed E-state index contributed by atoms with van der Waals surface area (Å²) in [6.45, 7) is 3.37. The summed E-state index contributed by atoms with van der Waals surface area (Å²) in [6, 6.07) is 0. The van der Waals surface area contributed by atoms with Crippen LogP contribution in [0, 0.1) is 17.3 Å². The summed E-state index contributed by atoms with van der Waals surface area (Å²) >= 11 is 0. The molecule has 0 radical (unpaired) electrons. The van der Waals surface area contributed by atoms with Crippen LogP contribution in [0.3, 0.4) is 0 Å². The van der Waals surface area contributed by atoms with Gasteiger partial charge < -0.3 is 10.5 Å². The predicted molar refractivity (Wildman–Crippen MR) is 72.0 cm³/mol. The van der Waals surface area contributed by atoms with Crippen LogP contribution in [0.4, 0.5) is 0 Å². The maximum atomic E-state index is 12.2. The average molecular weight is 253 g/mol. The van der Waals surface area contributed by atoms with Crippen LogP contribution in [-0.4, -0.2) is 19.1 Å². The zero-order valence-electron chi connectivity index (χ0n) is 11.6. The third kappa shape index (κ3) is 3.05. The number of rotatable bonds is 4. The van der Waals surface area contributed by atoms with E-state index >= 15 is 0 Å². The van der Waals surface area contributed by atoms with E-state index in [9.17, 15) is 4.79 Å². The van der Waals surface area contributed by atoms with Gasteiger partial charge in [-0.3, -0.25) is 4.79 Å². The van der Waals surface area contributed by atoms with Gasteiger partial charge in [-0.2, -0.15) is 0 Å². The zero-order chi connectivity index (χ0) is 13.0. The minimum absolute atomic E-state index is 0.0271. The van der Waals surface area contributed by atoms with Crippen LogP contribution in [-0.2, 0) is 9.53 Å². The molecule has 2 rings (SSSR count). The molecule has 0 saturated heterocycles. The highest BCUT2D eigenvalue weighted by atomic mass is 16.5. The quantitative estimate of drug-likeness (QED) is 0.784. The molecular formula is C15H27NO2. The Balaban J connectivity index is 1.80. The van der Waals surface area contributed by atoms with Crippen molar-refractivity contribution >= 4 is 5.97 Å². The first-order valence-corrected chi connectivity index (χ1v) is 7.53. The lowest BCUT2D eigenvalue weighted by Crippen LogP contribution is -2.38. The van der Waals surface area contributed by atoms with Gasteiger partial charge >= 0.3 is 5.97 Å². The van der Waals surface area contributed by atoms with E-state index in [4.69, 9.17) is 10.5 Å². The molecule has 2 unspecified atom stereocenters. The SMILES string of the molecule is CC1CCCC(COC(=O)C2(CN)CCCC2)C1. The van der Waals surface area contributed by atoms with Crippen molar-refractivity contribution in [3.63, 3.8) is 0 Å². The van der Waals surface area contributed by atoms with Crippen LogP contribution < -0.4 is 5.73 Å². The van der Waals surface area contributed by atoms with E-state index < -0.39 is 0 Å². The molecule has 0 aliphatic heterocycles. The summed E-state index contributed by atoms with van der Waals surface area (Å²) in [5, 5.41) is 0. The van der Waals surface area contributed by atoms with Gasteiger partial charge in [0.1, 0.15) is 0 Å². The van der Waals surface area contributed by atoms with Crippen LogP contribution >= 0.6 is 0 Å². The highest BCUT2D eigenvalue weighted by Crippen LogP contribution is 2.38. The van der Waals surface area contributed by atoms with Gasteiger partial charge in [0.25, 0.3) is 0 Å². The van der Waals surface area contributed by atoms with Crippen LogP contribution in [0.5, 0.6) is 0 Å². The van der Waals surface area contributed by atoms with Gasteiger partial charge in [-0.15, -0.1) is 0 Å². The van der Waals surface area contributed by atoms with Crippen molar-refractivity contribution in [1.29, 1.82) is 0 Å². The second-order valence-electron chi connectivity index (χ2n) is 6.43. The molecule has 0 aromatic carbocycles. The van der Waals surface area contributed by atoms with Crippen molar-refractivity contribution in [3.05, 3.63) is 0 Å². The van der Waals surface area contributed by atoms with Gasteiger partial charge in [-0.1, -0.05) is 32.6 Å². The summed E-state index contributed by atoms with van der Waals surface area (Å²) in [5.74, 6) is 1.34. The Labute approximate surface area is 110 Å². The lowest BCUT2D eigenvalue weighted by atomic mass is 9.83. The van der Waals surface area contributed by atoms with Crippen molar-refractivity contribution < 1.29 is 9.53 Å². The third-order valence-corrected chi connectivity index (χ3v) is 4.88. The number of esters is 1. The van der Waals surface area contributed by atoms with Gasteiger partial charge in [0.2, 0.25) is 0 Å². The summed E-state index contributed by atoms with van der Waals surface area (Å²) < 4.78 is 5.59. The van der Waals surface area contributed by atoms with Crippen LogP contribution in [0.2, 0.25) is 0 Å². The molecule has 0 aromatic rings. The van der Waals surface area contributed by atoms with E-state index in [1.54, 1.807) is 0 Å². The van der Waals surface area contributed by atoms with Gasteiger partial charge in [-0.25, -0.2) is 0 Å². The Morgan fingerprint density at radius 3 is 2.61 bits per heavy atom. The van der Waals surface area contributed by atoms with E-state index in [2.05, 4.69) is 6.92 Å². The van der Waals surface area contributed by atoms with Gasteiger partial charge in [0.15, 0.2) is 0 Å². The molecule has 2 aliphatic rings. The number of hydrogen-bond donors (Lipinski definition) is 1. The molecule has 2 atom stereocenters. The van der Waals surface area contributed by atoms with Crippen LogP contribution in [0.25, 0.3) is 0 Å². The monoisotopic (exact) mass is 253 g/mol. The van der Waals surface area contributed by atoms with E-state index in [0.29, 0.717) is 19.1 Å². The molecule has 2 fully saturated rings. The minimum atomic E-state index is -0.347. The molecule has 104 valence electrons. The lowest BCUT2D eigenvalue weighted by molar-refractivity contribution is -0.157. The second kappa shape index (κ2) is 6.05. The summed E-state index contributed by atoms with van der Waals surface area (Å²) in [6.07, 6.45) is 9.12. The Hall–Kier alpha value is -0.570. The fraction of sp³-hybridized carbons (Fsp3) is 0.933. The Bertz CT molecular complexity index is 284. The zero-order valence-corrected chi connectivity index (χ0v) is 11.6. The standard InChI is InChI=1S/C15H27NO2/c1-12-5-4-6-13(9-12)10-18-14(17)15(11-16)7-2-3-8-15/h12-13H,2-11,16H2,1H3. The third-order valence-electron chi connectivity index (χ3n) is 4.88. The largest absolute Gasteiger partial charge is 0.465 e. The normalized spacial score (nSPS) is 31.2. The van der Waals surface area contributed by atoms with Gasteiger partial charge in [0, 0.05) is 6.54 Å². The first-order valence-electron chi connectivity index (χ1n) is 7.53. The molecule has 3 heteroatoms. The number of carbonyl (C=O) groups is 1. The fourth-order valence-corrected chi connectivity index (χ4v) is 3.60. The predicted octanol–water partition coefficient (Wildman–Crippen LogP) is 2.88. The topological polar surface area (TPSA) is 52.3 Å². The molecule has 0 heterocycles. The number of nitrogens with two attached hydrogens (primary N) is 1. The van der Waals surface area contributed by atoms with Crippen LogP contribution in [0.15, 0.2) is 0 Å². The maximum absolute atomic E-state index is 12.2. The smallest absolute Gasteiger partial charge is 0.313 e. The average Bonchev–Trinajstić information content (AvgIpc) is 2.86. The maximum Gasteiger partial charge on any atom is 0.313 e. The molecule has 2 aliphatic carbocycles. The minimum Gasteiger partial charge on any atom is -0.465 e. The Morgan fingerprint density at radius 2 is 2.00 bits per heavy atom. The van der Waals surface area contributed by atoms with Crippen LogP contribution in [0.1, 0.15) is 58.3 Å². The summed E-state index contributed by atoms with van der Waals surface area (Å²) in [4.78, 5) is 12.2. The van der Waals surface area contributed by atoms with E-state index in [-0.39, 0.29) is 11.4 Å². The molecule has 0 aromatic heterocycles.